The Morgan fingerprint density at radius 1 is 1.04 bits per heavy atom. The molecule has 0 atom stereocenters. The zero-order valence-corrected chi connectivity index (χ0v) is 16.0. The third-order valence-electron chi connectivity index (χ3n) is 4.08. The number of halogens is 1. The Morgan fingerprint density at radius 2 is 1.78 bits per heavy atom. The van der Waals surface area contributed by atoms with Crippen LogP contribution in [0.15, 0.2) is 71.2 Å². The molecule has 0 bridgehead atoms. The van der Waals surface area contributed by atoms with Crippen molar-refractivity contribution in [2.24, 2.45) is 0 Å². The highest BCUT2D eigenvalue weighted by atomic mass is 79.9. The lowest BCUT2D eigenvalue weighted by atomic mass is 10.1. The van der Waals surface area contributed by atoms with Crippen molar-refractivity contribution in [3.8, 4) is 17.0 Å². The number of amides is 1. The Hall–Kier alpha value is -3.19. The maximum atomic E-state index is 12.6. The van der Waals surface area contributed by atoms with Crippen molar-refractivity contribution in [2.75, 3.05) is 12.4 Å². The molecule has 0 unspecified atom stereocenters. The van der Waals surface area contributed by atoms with E-state index in [2.05, 4.69) is 31.3 Å². The van der Waals surface area contributed by atoms with Gasteiger partial charge in [-0.1, -0.05) is 42.5 Å². The fourth-order valence-corrected chi connectivity index (χ4v) is 3.26. The Balaban J connectivity index is 1.77. The van der Waals surface area contributed by atoms with Crippen molar-refractivity contribution >= 4 is 33.4 Å². The van der Waals surface area contributed by atoms with Crippen LogP contribution in [0.1, 0.15) is 10.4 Å². The van der Waals surface area contributed by atoms with Gasteiger partial charge in [0.1, 0.15) is 0 Å². The fourth-order valence-electron chi connectivity index (χ4n) is 2.79. The van der Waals surface area contributed by atoms with Crippen molar-refractivity contribution in [3.63, 3.8) is 0 Å². The fraction of sp³-hybridized carbons (Fsp3) is 0.0500. The number of nitrogens with one attached hydrogen (secondary N) is 1. The average molecular weight is 423 g/mol. The highest BCUT2D eigenvalue weighted by molar-refractivity contribution is 9.10. The molecule has 0 fully saturated rings. The van der Waals surface area contributed by atoms with Crippen LogP contribution in [0.2, 0.25) is 0 Å². The summed E-state index contributed by atoms with van der Waals surface area (Å²) in [5.41, 5.74) is 2.87. The molecule has 0 aliphatic heterocycles. The topological polar surface area (TPSA) is 68.5 Å². The van der Waals surface area contributed by atoms with Gasteiger partial charge in [-0.3, -0.25) is 10.1 Å². The number of carbonyl (C=O) groups is 1. The van der Waals surface area contributed by atoms with Crippen molar-refractivity contribution in [1.82, 2.24) is 14.6 Å². The molecule has 0 radical (unpaired) electrons. The smallest absolute Gasteiger partial charge is 0.259 e. The van der Waals surface area contributed by atoms with E-state index in [0.29, 0.717) is 21.4 Å². The van der Waals surface area contributed by atoms with E-state index < -0.39 is 0 Å². The van der Waals surface area contributed by atoms with E-state index in [4.69, 9.17) is 4.74 Å². The Morgan fingerprint density at radius 3 is 2.52 bits per heavy atom. The summed E-state index contributed by atoms with van der Waals surface area (Å²) >= 11 is 3.38. The second-order valence-electron chi connectivity index (χ2n) is 5.76. The maximum Gasteiger partial charge on any atom is 0.259 e. The van der Waals surface area contributed by atoms with E-state index >= 15 is 0 Å². The van der Waals surface area contributed by atoms with Crippen LogP contribution in [0.25, 0.3) is 16.9 Å². The number of hydrogen-bond acceptors (Lipinski definition) is 4. The van der Waals surface area contributed by atoms with Gasteiger partial charge in [-0.2, -0.15) is 4.98 Å². The Kier molecular flexibility index (Phi) is 4.60. The van der Waals surface area contributed by atoms with Gasteiger partial charge in [0, 0.05) is 10.0 Å². The van der Waals surface area contributed by atoms with Gasteiger partial charge in [0.05, 0.1) is 18.4 Å². The summed E-state index contributed by atoms with van der Waals surface area (Å²) in [6, 6.07) is 20.8. The van der Waals surface area contributed by atoms with E-state index in [9.17, 15) is 4.79 Å². The molecule has 134 valence electrons. The molecule has 0 saturated heterocycles. The molecular weight excluding hydrogens is 408 g/mol. The Bertz CT molecular complexity index is 1130. The minimum absolute atomic E-state index is 0.206. The molecule has 4 rings (SSSR count). The number of pyridine rings is 1. The highest BCUT2D eigenvalue weighted by Crippen LogP contribution is 2.27. The van der Waals surface area contributed by atoms with Gasteiger partial charge in [0.15, 0.2) is 11.4 Å². The number of fused-ring (bicyclic) bond motifs is 1. The van der Waals surface area contributed by atoms with Crippen molar-refractivity contribution in [2.45, 2.75) is 0 Å². The average Bonchev–Trinajstić information content (AvgIpc) is 3.11. The van der Waals surface area contributed by atoms with E-state index in [1.165, 1.54) is 0 Å². The number of aromatic nitrogens is 3. The van der Waals surface area contributed by atoms with Crippen LogP contribution in [0.4, 0.5) is 5.95 Å². The SMILES string of the molecule is COc1ccc(-c2ccccc2)n2nc(NC(=O)c3ccccc3Br)nc12. The number of benzene rings is 2. The first-order valence-electron chi connectivity index (χ1n) is 8.22. The van der Waals surface area contributed by atoms with Crippen LogP contribution in [-0.2, 0) is 0 Å². The second kappa shape index (κ2) is 7.20. The van der Waals surface area contributed by atoms with Crippen LogP contribution < -0.4 is 10.1 Å². The summed E-state index contributed by atoms with van der Waals surface area (Å²) in [5.74, 6) is 0.486. The number of nitrogens with zero attached hydrogens (tertiary/aromatic N) is 3. The van der Waals surface area contributed by atoms with Crippen LogP contribution >= 0.6 is 15.9 Å². The molecule has 6 nitrogen and oxygen atoms in total. The molecule has 0 saturated carbocycles. The van der Waals surface area contributed by atoms with Gasteiger partial charge in [-0.15, -0.1) is 5.10 Å². The molecule has 0 aliphatic rings. The zero-order chi connectivity index (χ0) is 18.8. The lowest BCUT2D eigenvalue weighted by Gasteiger charge is -2.06. The first-order valence-corrected chi connectivity index (χ1v) is 9.02. The quantitative estimate of drug-likeness (QED) is 0.528. The lowest BCUT2D eigenvalue weighted by molar-refractivity contribution is 0.102. The van der Waals surface area contributed by atoms with Crippen molar-refractivity contribution < 1.29 is 9.53 Å². The number of anilines is 1. The first kappa shape index (κ1) is 17.2. The number of carbonyl (C=O) groups excluding carboxylic acids is 1. The van der Waals surface area contributed by atoms with Gasteiger partial charge in [0.2, 0.25) is 5.95 Å². The van der Waals surface area contributed by atoms with Gasteiger partial charge >= 0.3 is 0 Å². The summed E-state index contributed by atoms with van der Waals surface area (Å²) < 4.78 is 7.77. The largest absolute Gasteiger partial charge is 0.493 e. The van der Waals surface area contributed by atoms with E-state index in [1.54, 1.807) is 23.8 Å². The van der Waals surface area contributed by atoms with Crippen molar-refractivity contribution in [1.29, 1.82) is 0 Å². The molecule has 2 aromatic carbocycles. The second-order valence-corrected chi connectivity index (χ2v) is 6.61. The summed E-state index contributed by atoms with van der Waals surface area (Å²) in [4.78, 5) is 17.0. The maximum absolute atomic E-state index is 12.6. The number of ether oxygens (including phenoxy) is 1. The molecule has 0 spiro atoms. The summed E-state index contributed by atoms with van der Waals surface area (Å²) in [6.45, 7) is 0. The number of hydrogen-bond donors (Lipinski definition) is 1. The predicted molar refractivity (Wildman–Crippen MR) is 107 cm³/mol. The zero-order valence-electron chi connectivity index (χ0n) is 14.4. The van der Waals surface area contributed by atoms with Crippen LogP contribution in [-0.4, -0.2) is 27.6 Å². The third-order valence-corrected chi connectivity index (χ3v) is 4.77. The molecule has 1 amide bonds. The van der Waals surface area contributed by atoms with Crippen LogP contribution in [0.3, 0.4) is 0 Å². The summed E-state index contributed by atoms with van der Waals surface area (Å²) in [6.07, 6.45) is 0. The third kappa shape index (κ3) is 3.29. The molecule has 2 aromatic heterocycles. The van der Waals surface area contributed by atoms with E-state index in [-0.39, 0.29) is 11.9 Å². The predicted octanol–water partition coefficient (Wildman–Crippen LogP) is 4.42. The van der Waals surface area contributed by atoms with Gasteiger partial charge < -0.3 is 4.74 Å². The monoisotopic (exact) mass is 422 g/mol. The number of rotatable bonds is 4. The summed E-state index contributed by atoms with van der Waals surface area (Å²) in [5, 5.41) is 7.22. The van der Waals surface area contributed by atoms with Gasteiger partial charge in [-0.25, -0.2) is 4.52 Å². The lowest BCUT2D eigenvalue weighted by Crippen LogP contribution is -2.13. The molecule has 4 aromatic rings. The van der Waals surface area contributed by atoms with E-state index in [1.807, 2.05) is 54.6 Å². The molecule has 7 heteroatoms. The minimum atomic E-state index is -0.293. The number of methoxy groups -OCH3 is 1. The minimum Gasteiger partial charge on any atom is -0.493 e. The highest BCUT2D eigenvalue weighted by Gasteiger charge is 2.16. The van der Waals surface area contributed by atoms with Gasteiger partial charge in [0.25, 0.3) is 5.91 Å². The van der Waals surface area contributed by atoms with Crippen LogP contribution in [0, 0.1) is 0 Å². The molecule has 1 N–H and O–H groups in total. The van der Waals surface area contributed by atoms with E-state index in [0.717, 1.165) is 11.3 Å². The molecule has 2 heterocycles. The normalized spacial score (nSPS) is 10.7. The van der Waals surface area contributed by atoms with Crippen molar-refractivity contribution in [3.05, 3.63) is 76.8 Å². The van der Waals surface area contributed by atoms with Crippen LogP contribution in [0.5, 0.6) is 5.75 Å². The molecular formula is C20H15BrN4O2. The van der Waals surface area contributed by atoms with Gasteiger partial charge in [-0.05, 0) is 40.2 Å². The Labute approximate surface area is 163 Å². The molecule has 27 heavy (non-hydrogen) atoms. The first-order chi connectivity index (χ1) is 13.2. The standard InChI is InChI=1S/C20H15BrN4O2/c1-27-17-12-11-16(13-7-3-2-4-8-13)25-18(17)22-20(24-25)23-19(26)14-9-5-6-10-15(14)21/h2-12H,1H3,(H,23,24,26). The summed E-state index contributed by atoms with van der Waals surface area (Å²) in [7, 11) is 1.57. The molecule has 0 aliphatic carbocycles.